The van der Waals surface area contributed by atoms with Crippen LogP contribution in [0.2, 0.25) is 0 Å². The molecule has 1 aliphatic rings. The monoisotopic (exact) mass is 178 g/mol. The van der Waals surface area contributed by atoms with Crippen LogP contribution in [0.1, 0.15) is 36.3 Å². The third-order valence-corrected chi connectivity index (χ3v) is 2.52. The minimum absolute atomic E-state index is 0.116. The molecule has 1 unspecified atom stereocenters. The maximum Gasteiger partial charge on any atom is 0.220 e. The fraction of sp³-hybridized carbons (Fsp3) is 0.556. The van der Waals surface area contributed by atoms with Gasteiger partial charge in [-0.1, -0.05) is 6.92 Å². The summed E-state index contributed by atoms with van der Waals surface area (Å²) in [6.07, 6.45) is 2.79. The number of aryl methyl sites for hydroxylation is 2. The van der Waals surface area contributed by atoms with Crippen LogP contribution >= 0.6 is 0 Å². The van der Waals surface area contributed by atoms with Crippen LogP contribution < -0.4 is 11.5 Å². The number of nitrogens with two attached hydrogens (primary N) is 2. The van der Waals surface area contributed by atoms with Gasteiger partial charge < -0.3 is 11.5 Å². The molecule has 1 aromatic rings. The van der Waals surface area contributed by atoms with Crippen LogP contribution in [0.25, 0.3) is 0 Å². The molecule has 70 valence electrons. The summed E-state index contributed by atoms with van der Waals surface area (Å²) in [6, 6.07) is 0.116. The second-order valence-electron chi connectivity index (χ2n) is 3.39. The molecule has 4 nitrogen and oxygen atoms in total. The number of anilines is 1. The van der Waals surface area contributed by atoms with E-state index in [-0.39, 0.29) is 6.04 Å². The maximum atomic E-state index is 5.95. The molecule has 0 saturated carbocycles. The molecule has 13 heavy (non-hydrogen) atoms. The Morgan fingerprint density at radius 3 is 2.92 bits per heavy atom. The summed E-state index contributed by atoms with van der Waals surface area (Å²) in [5, 5.41) is 0. The van der Waals surface area contributed by atoms with E-state index in [0.717, 1.165) is 36.2 Å². The van der Waals surface area contributed by atoms with Gasteiger partial charge in [0.2, 0.25) is 5.95 Å². The van der Waals surface area contributed by atoms with Crippen LogP contribution in [-0.2, 0) is 12.8 Å². The van der Waals surface area contributed by atoms with Crippen molar-refractivity contribution in [2.45, 2.75) is 32.2 Å². The van der Waals surface area contributed by atoms with Crippen LogP contribution in [0.15, 0.2) is 0 Å². The number of rotatable bonds is 1. The van der Waals surface area contributed by atoms with Crippen molar-refractivity contribution in [3.8, 4) is 0 Å². The highest BCUT2D eigenvalue weighted by Crippen LogP contribution is 2.30. The minimum Gasteiger partial charge on any atom is -0.368 e. The van der Waals surface area contributed by atoms with Gasteiger partial charge in [-0.3, -0.25) is 0 Å². The van der Waals surface area contributed by atoms with Crippen molar-refractivity contribution in [3.63, 3.8) is 0 Å². The zero-order valence-electron chi connectivity index (χ0n) is 7.75. The number of aromatic nitrogens is 2. The third kappa shape index (κ3) is 1.27. The quantitative estimate of drug-likeness (QED) is 0.659. The second-order valence-corrected chi connectivity index (χ2v) is 3.39. The zero-order chi connectivity index (χ0) is 9.42. The lowest BCUT2D eigenvalue weighted by atomic mass is 10.1. The molecule has 0 bridgehead atoms. The fourth-order valence-electron chi connectivity index (χ4n) is 1.91. The van der Waals surface area contributed by atoms with E-state index in [0.29, 0.717) is 5.95 Å². The summed E-state index contributed by atoms with van der Waals surface area (Å²) in [7, 11) is 0. The molecule has 1 atom stereocenters. The van der Waals surface area contributed by atoms with E-state index in [1.165, 1.54) is 0 Å². The van der Waals surface area contributed by atoms with Crippen LogP contribution in [0.4, 0.5) is 5.95 Å². The van der Waals surface area contributed by atoms with Crippen molar-refractivity contribution < 1.29 is 0 Å². The van der Waals surface area contributed by atoms with Crippen LogP contribution in [0.5, 0.6) is 0 Å². The van der Waals surface area contributed by atoms with E-state index in [4.69, 9.17) is 11.5 Å². The summed E-state index contributed by atoms with van der Waals surface area (Å²) >= 11 is 0. The van der Waals surface area contributed by atoms with Crippen molar-refractivity contribution >= 4 is 5.95 Å². The van der Waals surface area contributed by atoms with E-state index in [1.807, 2.05) is 0 Å². The maximum absolute atomic E-state index is 5.95. The Bertz CT molecular complexity index is 335. The van der Waals surface area contributed by atoms with Gasteiger partial charge in [-0.05, 0) is 19.3 Å². The highest BCUT2D eigenvalue weighted by Gasteiger charge is 2.24. The van der Waals surface area contributed by atoms with Crippen LogP contribution in [-0.4, -0.2) is 9.97 Å². The fourth-order valence-corrected chi connectivity index (χ4v) is 1.91. The molecule has 0 radical (unpaired) electrons. The average molecular weight is 178 g/mol. The first-order chi connectivity index (χ1) is 6.22. The lowest BCUT2D eigenvalue weighted by molar-refractivity contribution is 0.704. The van der Waals surface area contributed by atoms with Gasteiger partial charge in [-0.2, -0.15) is 0 Å². The smallest absolute Gasteiger partial charge is 0.220 e. The second kappa shape index (κ2) is 2.96. The minimum atomic E-state index is 0.116. The van der Waals surface area contributed by atoms with Crippen molar-refractivity contribution in [2.24, 2.45) is 5.73 Å². The first kappa shape index (κ1) is 8.44. The van der Waals surface area contributed by atoms with Crippen LogP contribution in [0.3, 0.4) is 0 Å². The lowest BCUT2D eigenvalue weighted by Crippen LogP contribution is -2.11. The van der Waals surface area contributed by atoms with Crippen molar-refractivity contribution in [2.75, 3.05) is 5.73 Å². The summed E-state index contributed by atoms with van der Waals surface area (Å²) in [6.45, 7) is 2.06. The molecule has 0 fully saturated rings. The van der Waals surface area contributed by atoms with Gasteiger partial charge in [0, 0.05) is 11.6 Å². The summed E-state index contributed by atoms with van der Waals surface area (Å²) < 4.78 is 0. The van der Waals surface area contributed by atoms with E-state index in [2.05, 4.69) is 16.9 Å². The Labute approximate surface area is 77.4 Å². The Balaban J connectivity index is 2.57. The van der Waals surface area contributed by atoms with Crippen molar-refractivity contribution in [1.82, 2.24) is 9.97 Å². The summed E-state index contributed by atoms with van der Waals surface area (Å²) in [4.78, 5) is 8.40. The van der Waals surface area contributed by atoms with Gasteiger partial charge >= 0.3 is 0 Å². The first-order valence-corrected chi connectivity index (χ1v) is 4.63. The Hall–Kier alpha value is -1.16. The molecule has 1 aliphatic carbocycles. The third-order valence-electron chi connectivity index (χ3n) is 2.52. The summed E-state index contributed by atoms with van der Waals surface area (Å²) in [5.74, 6) is 0.379. The van der Waals surface area contributed by atoms with Gasteiger partial charge in [0.25, 0.3) is 0 Å². The molecule has 0 amide bonds. The van der Waals surface area contributed by atoms with E-state index < -0.39 is 0 Å². The predicted molar refractivity (Wildman–Crippen MR) is 51.1 cm³/mol. The van der Waals surface area contributed by atoms with Gasteiger partial charge in [0.1, 0.15) is 0 Å². The molecule has 0 saturated heterocycles. The molecule has 4 heteroatoms. The van der Waals surface area contributed by atoms with Crippen molar-refractivity contribution in [1.29, 1.82) is 0 Å². The Kier molecular flexibility index (Phi) is 1.92. The largest absolute Gasteiger partial charge is 0.368 e. The number of hydrogen-bond acceptors (Lipinski definition) is 4. The standard InChI is InChI=1S/C9H14N4/c1-2-6-8-5(10)3-4-7(8)13-9(11)12-6/h5H,2-4,10H2,1H3,(H2,11,12,13). The molecule has 1 heterocycles. The average Bonchev–Trinajstić information content (AvgIpc) is 2.46. The Morgan fingerprint density at radius 2 is 2.23 bits per heavy atom. The lowest BCUT2D eigenvalue weighted by Gasteiger charge is -2.09. The van der Waals surface area contributed by atoms with Gasteiger partial charge in [0.15, 0.2) is 0 Å². The highest BCUT2D eigenvalue weighted by atomic mass is 15.0. The zero-order valence-corrected chi connectivity index (χ0v) is 7.75. The molecular weight excluding hydrogens is 164 g/mol. The van der Waals surface area contributed by atoms with E-state index >= 15 is 0 Å². The predicted octanol–water partition coefficient (Wildman–Crippen LogP) is 0.567. The number of nitrogens with zero attached hydrogens (tertiary/aromatic N) is 2. The van der Waals surface area contributed by atoms with E-state index in [9.17, 15) is 0 Å². The molecule has 0 spiro atoms. The SMILES string of the molecule is CCc1nc(N)nc2c1C(N)CC2. The molecule has 1 aromatic heterocycles. The normalized spacial score (nSPS) is 20.3. The molecule has 0 aromatic carbocycles. The number of hydrogen-bond donors (Lipinski definition) is 2. The molecule has 0 aliphatic heterocycles. The topological polar surface area (TPSA) is 77.8 Å². The van der Waals surface area contributed by atoms with E-state index in [1.54, 1.807) is 0 Å². The number of nitrogen functional groups attached to an aromatic ring is 1. The first-order valence-electron chi connectivity index (χ1n) is 4.63. The van der Waals surface area contributed by atoms with Crippen LogP contribution in [0, 0.1) is 0 Å². The Morgan fingerprint density at radius 1 is 1.46 bits per heavy atom. The number of fused-ring (bicyclic) bond motifs is 1. The molecular formula is C9H14N4. The van der Waals surface area contributed by atoms with Gasteiger partial charge in [-0.25, -0.2) is 9.97 Å². The van der Waals surface area contributed by atoms with Crippen molar-refractivity contribution in [3.05, 3.63) is 17.0 Å². The van der Waals surface area contributed by atoms with Gasteiger partial charge in [0.05, 0.1) is 11.4 Å². The highest BCUT2D eigenvalue weighted by molar-refractivity contribution is 5.37. The summed E-state index contributed by atoms with van der Waals surface area (Å²) in [5.41, 5.74) is 14.8. The molecule has 2 rings (SSSR count). The molecule has 4 N–H and O–H groups in total. The van der Waals surface area contributed by atoms with Gasteiger partial charge in [-0.15, -0.1) is 0 Å².